The molecule has 2 aromatic rings. The number of nitrogens with zero attached hydrogens (tertiary/aromatic N) is 3. The van der Waals surface area contributed by atoms with Crippen molar-refractivity contribution in [2.75, 3.05) is 4.72 Å². The summed E-state index contributed by atoms with van der Waals surface area (Å²) in [6.45, 7) is 0. The third kappa shape index (κ3) is 3.68. The molecule has 1 fully saturated rings. The van der Waals surface area contributed by atoms with E-state index in [1.807, 2.05) is 6.07 Å². The van der Waals surface area contributed by atoms with Crippen LogP contribution in [-0.4, -0.2) is 18.6 Å². The van der Waals surface area contributed by atoms with Crippen molar-refractivity contribution in [1.82, 2.24) is 10.2 Å². The molecule has 1 N–H and O–H groups in total. The Morgan fingerprint density at radius 2 is 2.09 bits per heavy atom. The Morgan fingerprint density at radius 1 is 1.30 bits per heavy atom. The summed E-state index contributed by atoms with van der Waals surface area (Å²) in [5, 5.41) is 16.5. The second-order valence-electron chi connectivity index (χ2n) is 5.60. The van der Waals surface area contributed by atoms with Crippen molar-refractivity contribution in [3.05, 3.63) is 35.7 Å². The maximum atomic E-state index is 12.3. The summed E-state index contributed by atoms with van der Waals surface area (Å²) >= 11 is 0. The summed E-state index contributed by atoms with van der Waals surface area (Å²) in [4.78, 5) is -0.0212. The smallest absolute Gasteiger partial charge is 0.329 e. The predicted octanol–water partition coefficient (Wildman–Crippen LogP) is 2.47. The van der Waals surface area contributed by atoms with Crippen molar-refractivity contribution in [3.63, 3.8) is 0 Å². The first kappa shape index (κ1) is 15.5. The second kappa shape index (κ2) is 6.38. The van der Waals surface area contributed by atoms with Crippen LogP contribution in [0, 0.1) is 17.2 Å². The van der Waals surface area contributed by atoms with Crippen LogP contribution in [0.3, 0.4) is 0 Å². The molecule has 0 bridgehead atoms. The largest absolute Gasteiger partial charge is 0.407 e. The van der Waals surface area contributed by atoms with Gasteiger partial charge in [-0.2, -0.15) is 5.26 Å². The maximum absolute atomic E-state index is 12.3. The second-order valence-corrected chi connectivity index (χ2v) is 7.28. The Bertz CT molecular complexity index is 832. The Kier molecular flexibility index (Phi) is 4.30. The molecule has 1 aliphatic carbocycles. The molecule has 0 aliphatic heterocycles. The highest BCUT2D eigenvalue weighted by molar-refractivity contribution is 7.92. The molecule has 120 valence electrons. The molecule has 1 saturated carbocycles. The van der Waals surface area contributed by atoms with Crippen molar-refractivity contribution in [2.24, 2.45) is 5.92 Å². The van der Waals surface area contributed by atoms with E-state index in [4.69, 9.17) is 9.68 Å². The molecule has 3 rings (SSSR count). The van der Waals surface area contributed by atoms with Gasteiger partial charge in [-0.1, -0.05) is 24.0 Å². The zero-order valence-electron chi connectivity index (χ0n) is 12.4. The van der Waals surface area contributed by atoms with E-state index in [1.165, 1.54) is 37.1 Å². The molecule has 0 radical (unpaired) electrons. The van der Waals surface area contributed by atoms with E-state index in [0.29, 0.717) is 18.2 Å². The number of nitriles is 1. The van der Waals surface area contributed by atoms with Crippen molar-refractivity contribution in [1.29, 1.82) is 5.26 Å². The number of sulfonamides is 1. The summed E-state index contributed by atoms with van der Waals surface area (Å²) in [6.07, 6.45) is 5.40. The molecule has 1 heterocycles. The van der Waals surface area contributed by atoms with Crippen LogP contribution in [0.1, 0.15) is 37.1 Å². The van der Waals surface area contributed by atoms with E-state index in [9.17, 15) is 8.42 Å². The molecule has 23 heavy (non-hydrogen) atoms. The predicted molar refractivity (Wildman–Crippen MR) is 81.9 cm³/mol. The highest BCUT2D eigenvalue weighted by atomic mass is 32.2. The molecule has 1 aromatic carbocycles. The Hall–Kier alpha value is -2.40. The van der Waals surface area contributed by atoms with Gasteiger partial charge in [-0.15, -0.1) is 5.10 Å². The van der Waals surface area contributed by atoms with Crippen molar-refractivity contribution < 1.29 is 12.8 Å². The summed E-state index contributed by atoms with van der Waals surface area (Å²) in [5.41, 5.74) is 0.264. The lowest BCUT2D eigenvalue weighted by Crippen LogP contribution is -2.13. The lowest BCUT2D eigenvalue weighted by atomic mass is 10.0. The minimum atomic E-state index is -3.86. The first-order valence-corrected chi connectivity index (χ1v) is 8.90. The van der Waals surface area contributed by atoms with Gasteiger partial charge in [0, 0.05) is 6.42 Å². The van der Waals surface area contributed by atoms with Crippen molar-refractivity contribution >= 4 is 16.0 Å². The molecule has 0 saturated heterocycles. The van der Waals surface area contributed by atoms with Crippen LogP contribution in [0.2, 0.25) is 0 Å². The summed E-state index contributed by atoms with van der Waals surface area (Å²) in [5.74, 6) is 0.979. The van der Waals surface area contributed by atoms with E-state index in [2.05, 4.69) is 14.9 Å². The number of nitrogens with one attached hydrogen (secondary N) is 1. The van der Waals surface area contributed by atoms with Crippen LogP contribution in [0.4, 0.5) is 6.01 Å². The average molecular weight is 332 g/mol. The zero-order valence-corrected chi connectivity index (χ0v) is 13.2. The summed E-state index contributed by atoms with van der Waals surface area (Å²) in [6, 6.07) is 7.48. The van der Waals surface area contributed by atoms with Crippen LogP contribution >= 0.6 is 0 Å². The fourth-order valence-corrected chi connectivity index (χ4v) is 3.72. The quantitative estimate of drug-likeness (QED) is 0.901. The summed E-state index contributed by atoms with van der Waals surface area (Å²) in [7, 11) is -3.86. The lowest BCUT2D eigenvalue weighted by molar-refractivity contribution is 0.439. The van der Waals surface area contributed by atoms with Gasteiger partial charge >= 0.3 is 6.01 Å². The first-order valence-electron chi connectivity index (χ1n) is 7.42. The SMILES string of the molecule is N#Cc1cccc(S(=O)(=O)Nc2nnc(CC3CCCC3)o2)c1. The normalized spacial score (nSPS) is 15.4. The highest BCUT2D eigenvalue weighted by Crippen LogP contribution is 2.28. The van der Waals surface area contributed by atoms with Crippen molar-refractivity contribution in [3.8, 4) is 6.07 Å². The van der Waals surface area contributed by atoms with Crippen LogP contribution in [0.5, 0.6) is 0 Å². The number of hydrogen-bond donors (Lipinski definition) is 1. The van der Waals surface area contributed by atoms with E-state index < -0.39 is 10.0 Å². The van der Waals surface area contributed by atoms with Crippen LogP contribution in [0.15, 0.2) is 33.6 Å². The highest BCUT2D eigenvalue weighted by Gasteiger charge is 2.21. The van der Waals surface area contributed by atoms with Crippen LogP contribution < -0.4 is 4.72 Å². The molecule has 0 amide bonds. The standard InChI is InChI=1S/C15H16N4O3S/c16-10-12-6-3-7-13(8-12)23(20,21)19-15-18-17-14(22-15)9-11-4-1-2-5-11/h3,6-8,11H,1-2,4-5,9H2,(H,18,19). The van der Waals surface area contributed by atoms with Crippen LogP contribution in [0.25, 0.3) is 0 Å². The monoisotopic (exact) mass is 332 g/mol. The van der Waals surface area contributed by atoms with Gasteiger partial charge in [0.1, 0.15) is 0 Å². The van der Waals surface area contributed by atoms with Gasteiger partial charge in [0.2, 0.25) is 5.89 Å². The molecule has 1 aromatic heterocycles. The van der Waals surface area contributed by atoms with Crippen LogP contribution in [-0.2, 0) is 16.4 Å². The third-order valence-electron chi connectivity index (χ3n) is 3.90. The van der Waals surface area contributed by atoms with Gasteiger partial charge in [0.05, 0.1) is 16.5 Å². The summed E-state index contributed by atoms with van der Waals surface area (Å²) < 4.78 is 32.2. The van der Waals surface area contributed by atoms with Gasteiger partial charge in [-0.3, -0.25) is 0 Å². The molecular weight excluding hydrogens is 316 g/mol. The Morgan fingerprint density at radius 3 is 2.83 bits per heavy atom. The minimum Gasteiger partial charge on any atom is -0.407 e. The topological polar surface area (TPSA) is 109 Å². The molecule has 0 unspecified atom stereocenters. The first-order chi connectivity index (χ1) is 11.1. The number of hydrogen-bond acceptors (Lipinski definition) is 6. The maximum Gasteiger partial charge on any atom is 0.329 e. The number of benzene rings is 1. The van der Waals surface area contributed by atoms with Gasteiger partial charge < -0.3 is 4.42 Å². The number of anilines is 1. The fourth-order valence-electron chi connectivity index (χ4n) is 2.75. The molecule has 0 spiro atoms. The Labute approximate surface area is 134 Å². The average Bonchev–Trinajstić information content (AvgIpc) is 3.20. The lowest BCUT2D eigenvalue weighted by Gasteiger charge is -2.05. The van der Waals surface area contributed by atoms with E-state index in [0.717, 1.165) is 12.8 Å². The van der Waals surface area contributed by atoms with E-state index >= 15 is 0 Å². The van der Waals surface area contributed by atoms with Gasteiger partial charge in [0.15, 0.2) is 0 Å². The van der Waals surface area contributed by atoms with Gasteiger partial charge in [0.25, 0.3) is 10.0 Å². The van der Waals surface area contributed by atoms with E-state index in [1.54, 1.807) is 0 Å². The fraction of sp³-hybridized carbons (Fsp3) is 0.400. The molecule has 8 heteroatoms. The third-order valence-corrected chi connectivity index (χ3v) is 5.22. The zero-order chi connectivity index (χ0) is 16.3. The van der Waals surface area contributed by atoms with Crippen molar-refractivity contribution in [2.45, 2.75) is 37.0 Å². The molecule has 0 atom stereocenters. The molecular formula is C15H16N4O3S. The minimum absolute atomic E-state index is 0.0212. The number of aromatic nitrogens is 2. The van der Waals surface area contributed by atoms with Gasteiger partial charge in [-0.05, 0) is 37.0 Å². The van der Waals surface area contributed by atoms with E-state index in [-0.39, 0.29) is 16.5 Å². The number of rotatable bonds is 5. The Balaban J connectivity index is 1.73. The molecule has 7 nitrogen and oxygen atoms in total. The molecule has 1 aliphatic rings. The van der Waals surface area contributed by atoms with Gasteiger partial charge in [-0.25, -0.2) is 13.1 Å².